The predicted molar refractivity (Wildman–Crippen MR) is 64.4 cm³/mol. The molecule has 8 heteroatoms. The molecule has 0 aliphatic carbocycles. The number of urea groups is 1. The molecule has 2 fully saturated rings. The molecule has 0 saturated carbocycles. The zero-order chi connectivity index (χ0) is 12.6. The quantitative estimate of drug-likeness (QED) is 0.427. The van der Waals surface area contributed by atoms with Crippen LogP contribution in [0.4, 0.5) is 4.79 Å². The first kappa shape index (κ1) is 13.0. The summed E-state index contributed by atoms with van der Waals surface area (Å²) in [6, 6.07) is -0.515. The molecule has 0 aromatic carbocycles. The molecule has 0 aromatic rings. The highest BCUT2D eigenvalue weighted by Crippen LogP contribution is 2.25. The van der Waals surface area contributed by atoms with Crippen molar-refractivity contribution >= 4 is 34.5 Å². The number of hydrogen-bond acceptors (Lipinski definition) is 5. The van der Waals surface area contributed by atoms with Gasteiger partial charge in [-0.25, -0.2) is 4.79 Å². The Morgan fingerprint density at radius 1 is 1.53 bits per heavy atom. The average Bonchev–Trinajstić information content (AvgIpc) is 2.65. The van der Waals surface area contributed by atoms with Gasteiger partial charge in [0.15, 0.2) is 0 Å². The standard InChI is InChI=1S/C9H13IN2O5/c10-4-2-12(9(16)11-8(4)15)7-1-5(14)6(3-13)17-7/h4-7,13-14H,1-3H2,(H,11,15,16)/t4?,5-,6+,7+/m1/s1. The van der Waals surface area contributed by atoms with E-state index in [1.54, 1.807) is 0 Å². The van der Waals surface area contributed by atoms with Crippen LogP contribution < -0.4 is 5.32 Å². The summed E-state index contributed by atoms with van der Waals surface area (Å²) in [5, 5.41) is 20.8. The third-order valence-corrected chi connectivity index (χ3v) is 3.82. The van der Waals surface area contributed by atoms with Gasteiger partial charge in [-0.15, -0.1) is 0 Å². The molecule has 0 spiro atoms. The van der Waals surface area contributed by atoms with Crippen molar-refractivity contribution in [2.75, 3.05) is 13.2 Å². The Kier molecular flexibility index (Phi) is 3.85. The van der Waals surface area contributed by atoms with Gasteiger partial charge in [-0.3, -0.25) is 15.0 Å². The Morgan fingerprint density at radius 2 is 2.24 bits per heavy atom. The maximum atomic E-state index is 11.6. The monoisotopic (exact) mass is 356 g/mol. The van der Waals surface area contributed by atoms with E-state index in [1.807, 2.05) is 22.6 Å². The molecule has 1 unspecified atom stereocenters. The van der Waals surface area contributed by atoms with Crippen molar-refractivity contribution < 1.29 is 24.5 Å². The van der Waals surface area contributed by atoms with Crippen LogP contribution in [0.1, 0.15) is 6.42 Å². The van der Waals surface area contributed by atoms with Crippen LogP contribution in [0.25, 0.3) is 0 Å². The molecule has 0 bridgehead atoms. The fourth-order valence-corrected chi connectivity index (χ4v) is 2.49. The number of carbonyl (C=O) groups excluding carboxylic acids is 2. The highest BCUT2D eigenvalue weighted by atomic mass is 127. The van der Waals surface area contributed by atoms with E-state index in [4.69, 9.17) is 9.84 Å². The minimum absolute atomic E-state index is 0.246. The molecule has 96 valence electrons. The Hall–Kier alpha value is -0.450. The second-order valence-electron chi connectivity index (χ2n) is 4.03. The summed E-state index contributed by atoms with van der Waals surface area (Å²) < 4.78 is 5.03. The van der Waals surface area contributed by atoms with Crippen molar-refractivity contribution in [2.45, 2.75) is 28.8 Å². The van der Waals surface area contributed by atoms with Crippen LogP contribution in [0.5, 0.6) is 0 Å². The van der Waals surface area contributed by atoms with E-state index in [0.29, 0.717) is 0 Å². The highest BCUT2D eigenvalue weighted by molar-refractivity contribution is 14.1. The van der Waals surface area contributed by atoms with Gasteiger partial charge in [0.2, 0.25) is 5.91 Å². The maximum Gasteiger partial charge on any atom is 0.326 e. The van der Waals surface area contributed by atoms with Crippen molar-refractivity contribution in [3.8, 4) is 0 Å². The summed E-state index contributed by atoms with van der Waals surface area (Å²) in [6.45, 7) is -0.0412. The van der Waals surface area contributed by atoms with Gasteiger partial charge in [0.25, 0.3) is 0 Å². The van der Waals surface area contributed by atoms with E-state index in [-0.39, 0.29) is 29.4 Å². The summed E-state index contributed by atoms with van der Waals surface area (Å²) in [5.41, 5.74) is 0. The first-order chi connectivity index (χ1) is 8.02. The molecular weight excluding hydrogens is 343 g/mol. The number of aliphatic hydroxyl groups is 2. The van der Waals surface area contributed by atoms with Gasteiger partial charge in [-0.05, 0) is 0 Å². The van der Waals surface area contributed by atoms with E-state index < -0.39 is 24.5 Å². The maximum absolute atomic E-state index is 11.6. The van der Waals surface area contributed by atoms with E-state index in [0.717, 1.165) is 0 Å². The molecule has 3 N–H and O–H groups in total. The second kappa shape index (κ2) is 5.04. The SMILES string of the molecule is O=C1NC(=O)N([C@@H]2C[C@@H](O)[C@H](CO)O2)CC1I. The third-order valence-electron chi connectivity index (χ3n) is 2.86. The molecule has 17 heavy (non-hydrogen) atoms. The zero-order valence-corrected chi connectivity index (χ0v) is 11.0. The van der Waals surface area contributed by atoms with Gasteiger partial charge >= 0.3 is 6.03 Å². The van der Waals surface area contributed by atoms with Crippen molar-refractivity contribution in [3.63, 3.8) is 0 Å². The summed E-state index contributed by atoms with van der Waals surface area (Å²) >= 11 is 1.94. The largest absolute Gasteiger partial charge is 0.394 e. The van der Waals surface area contributed by atoms with Gasteiger partial charge < -0.3 is 14.9 Å². The summed E-state index contributed by atoms with van der Waals surface area (Å²) in [6.07, 6.45) is -1.80. The molecular formula is C9H13IN2O5. The van der Waals surface area contributed by atoms with Crippen LogP contribution >= 0.6 is 22.6 Å². The molecule has 2 aliphatic heterocycles. The van der Waals surface area contributed by atoms with Crippen LogP contribution in [-0.2, 0) is 9.53 Å². The van der Waals surface area contributed by atoms with Crippen LogP contribution in [0.15, 0.2) is 0 Å². The van der Waals surface area contributed by atoms with Crippen LogP contribution in [-0.4, -0.2) is 62.6 Å². The molecule has 4 atom stereocenters. The minimum atomic E-state index is -0.789. The predicted octanol–water partition coefficient (Wildman–Crippen LogP) is -1.19. The molecule has 2 aliphatic rings. The zero-order valence-electron chi connectivity index (χ0n) is 8.88. The van der Waals surface area contributed by atoms with Gasteiger partial charge in [0, 0.05) is 13.0 Å². The Morgan fingerprint density at radius 3 is 2.82 bits per heavy atom. The highest BCUT2D eigenvalue weighted by Gasteiger charge is 2.42. The number of aliphatic hydroxyl groups excluding tert-OH is 2. The Labute approximate surface area is 111 Å². The van der Waals surface area contributed by atoms with Crippen LogP contribution in [0.3, 0.4) is 0 Å². The molecule has 2 heterocycles. The van der Waals surface area contributed by atoms with E-state index >= 15 is 0 Å². The van der Waals surface area contributed by atoms with E-state index in [1.165, 1.54) is 4.90 Å². The lowest BCUT2D eigenvalue weighted by Crippen LogP contribution is -2.58. The summed E-state index contributed by atoms with van der Waals surface area (Å²) in [4.78, 5) is 24.2. The number of ether oxygens (including phenoxy) is 1. The fraction of sp³-hybridized carbons (Fsp3) is 0.778. The Bertz CT molecular complexity index is 339. The van der Waals surface area contributed by atoms with Crippen molar-refractivity contribution in [1.82, 2.24) is 10.2 Å². The molecule has 3 amide bonds. The molecule has 0 aromatic heterocycles. The number of nitrogens with one attached hydrogen (secondary N) is 1. The van der Waals surface area contributed by atoms with Crippen LogP contribution in [0, 0.1) is 0 Å². The lowest BCUT2D eigenvalue weighted by atomic mass is 10.2. The second-order valence-corrected chi connectivity index (χ2v) is 5.53. The first-order valence-corrected chi connectivity index (χ1v) is 6.47. The Balaban J connectivity index is 2.03. The molecule has 2 rings (SSSR count). The molecule has 0 radical (unpaired) electrons. The number of alkyl halides is 1. The third kappa shape index (κ3) is 2.54. The van der Waals surface area contributed by atoms with Gasteiger partial charge in [0.05, 0.1) is 12.7 Å². The molecule has 7 nitrogen and oxygen atoms in total. The first-order valence-electron chi connectivity index (χ1n) is 5.23. The average molecular weight is 356 g/mol. The van der Waals surface area contributed by atoms with Gasteiger partial charge in [0.1, 0.15) is 16.3 Å². The summed E-state index contributed by atoms with van der Waals surface area (Å²) in [7, 11) is 0. The number of carbonyl (C=O) groups is 2. The van der Waals surface area contributed by atoms with Crippen molar-refractivity contribution in [2.24, 2.45) is 0 Å². The van der Waals surface area contributed by atoms with Crippen molar-refractivity contribution in [1.29, 1.82) is 0 Å². The van der Waals surface area contributed by atoms with Crippen LogP contribution in [0.2, 0.25) is 0 Å². The minimum Gasteiger partial charge on any atom is -0.394 e. The molecule has 2 saturated heterocycles. The fourth-order valence-electron chi connectivity index (χ4n) is 1.91. The van der Waals surface area contributed by atoms with Gasteiger partial charge in [-0.1, -0.05) is 22.6 Å². The lowest BCUT2D eigenvalue weighted by molar-refractivity contribution is -0.122. The number of halogens is 1. The number of amides is 3. The lowest BCUT2D eigenvalue weighted by Gasteiger charge is -2.33. The van der Waals surface area contributed by atoms with Gasteiger partial charge in [-0.2, -0.15) is 0 Å². The number of rotatable bonds is 2. The number of nitrogens with zero attached hydrogens (tertiary/aromatic N) is 1. The van der Waals surface area contributed by atoms with E-state index in [2.05, 4.69) is 5.32 Å². The smallest absolute Gasteiger partial charge is 0.326 e. The summed E-state index contributed by atoms with van der Waals surface area (Å²) in [5.74, 6) is -0.316. The number of imide groups is 1. The number of hydrogen-bond donors (Lipinski definition) is 3. The van der Waals surface area contributed by atoms with Crippen molar-refractivity contribution in [3.05, 3.63) is 0 Å². The normalized spacial score (nSPS) is 38.4. The van der Waals surface area contributed by atoms with E-state index in [9.17, 15) is 14.7 Å². The topological polar surface area (TPSA) is 99.1 Å².